The van der Waals surface area contributed by atoms with Crippen LogP contribution in [0.5, 0.6) is 0 Å². The van der Waals surface area contributed by atoms with Crippen LogP contribution in [-0.2, 0) is 9.53 Å². The van der Waals surface area contributed by atoms with Crippen molar-refractivity contribution in [3.63, 3.8) is 0 Å². The molecule has 2 aromatic carbocycles. The zero-order chi connectivity index (χ0) is 18.7. The number of ether oxygens (including phenoxy) is 1. The molecule has 0 aromatic heterocycles. The molecule has 1 aliphatic carbocycles. The molecule has 26 heavy (non-hydrogen) atoms. The topological polar surface area (TPSA) is 95.9 Å². The highest BCUT2D eigenvalue weighted by atomic mass is 16.5. The molecule has 136 valence electrons. The number of carbonyl (C=O) groups is 2. The molecule has 3 N–H and O–H groups in total. The third-order valence-electron chi connectivity index (χ3n) is 4.62. The fraction of sp³-hybridized carbons (Fsp3) is 0.300. The molecule has 2 aromatic rings. The molecule has 0 saturated heterocycles. The highest BCUT2D eigenvalue weighted by Crippen LogP contribution is 2.44. The van der Waals surface area contributed by atoms with Gasteiger partial charge in [-0.3, -0.25) is 4.79 Å². The Morgan fingerprint density at radius 3 is 2.12 bits per heavy atom. The van der Waals surface area contributed by atoms with Crippen molar-refractivity contribution in [2.45, 2.75) is 31.4 Å². The van der Waals surface area contributed by atoms with Gasteiger partial charge in [0.05, 0.1) is 18.6 Å². The zero-order valence-electron chi connectivity index (χ0n) is 14.4. The van der Waals surface area contributed by atoms with Crippen molar-refractivity contribution in [1.82, 2.24) is 5.32 Å². The van der Waals surface area contributed by atoms with E-state index in [1.54, 1.807) is 0 Å². The Hall–Kier alpha value is -2.86. The minimum absolute atomic E-state index is 0.0716. The van der Waals surface area contributed by atoms with Crippen LogP contribution >= 0.6 is 0 Å². The third kappa shape index (κ3) is 3.70. The number of nitrogens with one attached hydrogen (secondary N) is 1. The Bertz CT molecular complexity index is 772. The number of amides is 1. The molecule has 1 amide bonds. The lowest BCUT2D eigenvalue weighted by molar-refractivity contribution is -0.138. The van der Waals surface area contributed by atoms with Crippen LogP contribution in [0, 0.1) is 0 Å². The molecule has 0 spiro atoms. The van der Waals surface area contributed by atoms with Gasteiger partial charge in [0.25, 0.3) is 0 Å². The number of carboxylic acids is 1. The van der Waals surface area contributed by atoms with Crippen LogP contribution in [0.4, 0.5) is 4.79 Å². The summed E-state index contributed by atoms with van der Waals surface area (Å²) in [5.74, 6) is -1.17. The van der Waals surface area contributed by atoms with E-state index in [1.165, 1.54) is 6.92 Å². The summed E-state index contributed by atoms with van der Waals surface area (Å²) in [5, 5.41) is 20.9. The third-order valence-corrected chi connectivity index (χ3v) is 4.62. The first-order valence-corrected chi connectivity index (χ1v) is 8.48. The monoisotopic (exact) mass is 355 g/mol. The van der Waals surface area contributed by atoms with Crippen LogP contribution in [0.3, 0.4) is 0 Å². The Kier molecular flexibility index (Phi) is 5.23. The number of aliphatic hydroxyl groups is 1. The molecular weight excluding hydrogens is 334 g/mol. The van der Waals surface area contributed by atoms with E-state index in [9.17, 15) is 14.7 Å². The maximum atomic E-state index is 12.1. The first kappa shape index (κ1) is 17.9. The van der Waals surface area contributed by atoms with Crippen LogP contribution in [0.1, 0.15) is 30.4 Å². The lowest BCUT2D eigenvalue weighted by Gasteiger charge is -2.20. The van der Waals surface area contributed by atoms with Crippen molar-refractivity contribution in [3.8, 4) is 11.1 Å². The number of benzene rings is 2. The first-order chi connectivity index (χ1) is 12.5. The van der Waals surface area contributed by atoms with Crippen molar-refractivity contribution in [1.29, 1.82) is 0 Å². The van der Waals surface area contributed by atoms with Gasteiger partial charge in [-0.2, -0.15) is 0 Å². The summed E-state index contributed by atoms with van der Waals surface area (Å²) in [6, 6.07) is 15.1. The predicted molar refractivity (Wildman–Crippen MR) is 95.9 cm³/mol. The van der Waals surface area contributed by atoms with Crippen LogP contribution in [0.2, 0.25) is 0 Å². The second-order valence-electron chi connectivity index (χ2n) is 6.41. The van der Waals surface area contributed by atoms with Gasteiger partial charge in [0.2, 0.25) is 0 Å². The first-order valence-electron chi connectivity index (χ1n) is 8.48. The number of aliphatic hydroxyl groups excluding tert-OH is 1. The molecular formula is C20H21NO5. The number of carbonyl (C=O) groups excluding carboxylic acids is 1. The molecule has 0 fully saturated rings. The number of fused-ring (bicyclic) bond motifs is 3. The van der Waals surface area contributed by atoms with E-state index in [2.05, 4.69) is 5.32 Å². The van der Waals surface area contributed by atoms with Crippen molar-refractivity contribution >= 4 is 12.1 Å². The van der Waals surface area contributed by atoms with Gasteiger partial charge in [0.1, 0.15) is 6.61 Å². The quantitative estimate of drug-likeness (QED) is 0.740. The van der Waals surface area contributed by atoms with Crippen LogP contribution in [0.25, 0.3) is 11.1 Å². The Morgan fingerprint density at radius 1 is 1.08 bits per heavy atom. The molecule has 0 saturated carbocycles. The maximum Gasteiger partial charge on any atom is 0.407 e. The molecule has 3 rings (SSSR count). The number of rotatable bonds is 6. The van der Waals surface area contributed by atoms with Crippen LogP contribution in [-0.4, -0.2) is 41.0 Å². The summed E-state index contributed by atoms with van der Waals surface area (Å²) in [6.45, 7) is 1.57. The molecule has 0 aliphatic heterocycles. The minimum atomic E-state index is -1.10. The average molecular weight is 355 g/mol. The SMILES string of the molecule is C[C@@H](O)[C@H](CC(=O)O)NC(=O)OCC1c2ccccc2-c2ccccc21. The summed E-state index contributed by atoms with van der Waals surface area (Å²) in [7, 11) is 0. The van der Waals surface area contributed by atoms with E-state index in [1.807, 2.05) is 48.5 Å². The number of aliphatic carboxylic acids is 1. The van der Waals surface area contributed by atoms with E-state index in [0.29, 0.717) is 0 Å². The maximum absolute atomic E-state index is 12.1. The largest absolute Gasteiger partial charge is 0.481 e. The minimum Gasteiger partial charge on any atom is -0.481 e. The molecule has 0 bridgehead atoms. The number of alkyl carbamates (subject to hydrolysis) is 1. The highest BCUT2D eigenvalue weighted by molar-refractivity contribution is 5.79. The van der Waals surface area contributed by atoms with E-state index < -0.39 is 24.2 Å². The van der Waals surface area contributed by atoms with E-state index in [0.717, 1.165) is 22.3 Å². The summed E-state index contributed by atoms with van der Waals surface area (Å²) in [4.78, 5) is 22.9. The van der Waals surface area contributed by atoms with Crippen molar-refractivity contribution in [2.24, 2.45) is 0 Å². The average Bonchev–Trinajstić information content (AvgIpc) is 2.93. The van der Waals surface area contributed by atoms with Crippen LogP contribution < -0.4 is 5.32 Å². The zero-order valence-corrected chi connectivity index (χ0v) is 14.4. The summed E-state index contributed by atoms with van der Waals surface area (Å²) >= 11 is 0. The normalized spacial score (nSPS) is 14.8. The van der Waals surface area contributed by atoms with Gasteiger partial charge in [-0.15, -0.1) is 0 Å². The van der Waals surface area contributed by atoms with Crippen molar-refractivity contribution in [3.05, 3.63) is 59.7 Å². The van der Waals surface area contributed by atoms with Crippen molar-refractivity contribution in [2.75, 3.05) is 6.61 Å². The van der Waals surface area contributed by atoms with E-state index in [-0.39, 0.29) is 18.9 Å². The van der Waals surface area contributed by atoms with E-state index in [4.69, 9.17) is 9.84 Å². The molecule has 6 heteroatoms. The second kappa shape index (κ2) is 7.58. The lowest BCUT2D eigenvalue weighted by Crippen LogP contribution is -2.44. The second-order valence-corrected chi connectivity index (χ2v) is 6.41. The van der Waals surface area contributed by atoms with Gasteiger partial charge in [-0.05, 0) is 29.2 Å². The smallest absolute Gasteiger partial charge is 0.407 e. The number of carboxylic acid groups (broad SMARTS) is 1. The van der Waals surface area contributed by atoms with E-state index >= 15 is 0 Å². The molecule has 2 atom stereocenters. The fourth-order valence-electron chi connectivity index (χ4n) is 3.32. The van der Waals surface area contributed by atoms with Gasteiger partial charge in [-0.1, -0.05) is 48.5 Å². The lowest BCUT2D eigenvalue weighted by atomic mass is 9.98. The summed E-state index contributed by atoms with van der Waals surface area (Å²) in [5.41, 5.74) is 4.45. The van der Waals surface area contributed by atoms with Gasteiger partial charge >= 0.3 is 12.1 Å². The summed E-state index contributed by atoms with van der Waals surface area (Å²) in [6.07, 6.45) is -2.10. The summed E-state index contributed by atoms with van der Waals surface area (Å²) < 4.78 is 5.35. The molecule has 0 heterocycles. The van der Waals surface area contributed by atoms with Gasteiger partial charge in [-0.25, -0.2) is 4.79 Å². The fourth-order valence-corrected chi connectivity index (χ4v) is 3.32. The Labute approximate surface area is 151 Å². The number of hydrogen-bond acceptors (Lipinski definition) is 4. The molecule has 1 aliphatic rings. The van der Waals surface area contributed by atoms with Gasteiger partial charge in [0.15, 0.2) is 0 Å². The van der Waals surface area contributed by atoms with Gasteiger partial charge in [0, 0.05) is 5.92 Å². The van der Waals surface area contributed by atoms with Crippen molar-refractivity contribution < 1.29 is 24.5 Å². The predicted octanol–water partition coefficient (Wildman–Crippen LogP) is 2.75. The Morgan fingerprint density at radius 2 is 1.62 bits per heavy atom. The van der Waals surface area contributed by atoms with Gasteiger partial charge < -0.3 is 20.3 Å². The Balaban J connectivity index is 1.70. The molecule has 0 radical (unpaired) electrons. The number of hydrogen-bond donors (Lipinski definition) is 3. The van der Waals surface area contributed by atoms with Crippen LogP contribution in [0.15, 0.2) is 48.5 Å². The molecule has 6 nitrogen and oxygen atoms in total. The standard InChI is InChI=1S/C20H21NO5/c1-12(22)18(10-19(23)24)21-20(25)26-11-17-15-8-4-2-6-13(15)14-7-3-5-9-16(14)17/h2-9,12,17-18,22H,10-11H2,1H3,(H,21,25)(H,23,24)/t12-,18+/m1/s1. The highest BCUT2D eigenvalue weighted by Gasteiger charge is 2.29. The molecule has 0 unspecified atom stereocenters.